The SMILES string of the molecule is C=CCO[C@@]12Oc3ccc(Oc4ccc(C)c(C)c4)cc3[C@H]3[C@H](CCCCO)[C@@H](CCCCO)C=C(C(=NOC4CCCCO4)C[C@@H]1N(CCOCCO)C(=O)c1ccc(C#N)cc1)[C@H]32. The predicted molar refractivity (Wildman–Crippen MR) is 246 cm³/mol. The number of aliphatic hydroxyl groups is 3. The summed E-state index contributed by atoms with van der Waals surface area (Å²) in [5.74, 6) is -0.605. The molecule has 4 aliphatic rings. The van der Waals surface area contributed by atoms with E-state index in [0.29, 0.717) is 60.0 Å². The number of carbonyl (C=O) groups excluding carboxylic acids is 1. The van der Waals surface area contributed by atoms with E-state index in [1.807, 2.05) is 30.3 Å². The Hall–Kier alpha value is -5.07. The van der Waals surface area contributed by atoms with Crippen LogP contribution in [0.25, 0.3) is 0 Å². The van der Waals surface area contributed by atoms with Gasteiger partial charge in [-0.3, -0.25) is 4.79 Å². The lowest BCUT2D eigenvalue weighted by atomic mass is 9.55. The molecule has 65 heavy (non-hydrogen) atoms. The van der Waals surface area contributed by atoms with Gasteiger partial charge in [0.1, 0.15) is 23.3 Å². The van der Waals surface area contributed by atoms with Gasteiger partial charge in [-0.1, -0.05) is 36.2 Å². The summed E-state index contributed by atoms with van der Waals surface area (Å²) in [6, 6.07) is 19.8. The van der Waals surface area contributed by atoms with Crippen LogP contribution in [-0.4, -0.2) is 103 Å². The van der Waals surface area contributed by atoms with Crippen molar-refractivity contribution in [1.29, 1.82) is 5.26 Å². The van der Waals surface area contributed by atoms with E-state index in [9.17, 15) is 20.6 Å². The first kappa shape index (κ1) is 47.9. The van der Waals surface area contributed by atoms with E-state index in [4.69, 9.17) is 33.7 Å². The molecule has 7 rings (SSSR count). The van der Waals surface area contributed by atoms with Crippen molar-refractivity contribution in [1.82, 2.24) is 4.90 Å². The molecule has 1 amide bonds. The Morgan fingerprint density at radius 2 is 1.72 bits per heavy atom. The molecule has 0 spiro atoms. The lowest BCUT2D eigenvalue weighted by Crippen LogP contribution is -2.70. The molecule has 0 bridgehead atoms. The number of rotatable bonds is 22. The number of aliphatic hydroxyl groups excluding tert-OH is 3. The lowest BCUT2D eigenvalue weighted by Gasteiger charge is -2.60. The molecule has 2 aliphatic heterocycles. The number of nitriles is 1. The van der Waals surface area contributed by atoms with E-state index in [0.717, 1.165) is 55.2 Å². The molecule has 7 atom stereocenters. The second kappa shape index (κ2) is 22.9. The van der Waals surface area contributed by atoms with Crippen molar-refractivity contribution in [2.45, 2.75) is 102 Å². The van der Waals surface area contributed by atoms with E-state index >= 15 is 4.79 Å². The molecular weight excluding hydrogens is 827 g/mol. The highest BCUT2D eigenvalue weighted by Gasteiger charge is 2.65. The van der Waals surface area contributed by atoms with E-state index in [1.165, 1.54) is 5.56 Å². The molecule has 2 heterocycles. The Balaban J connectivity index is 1.45. The molecular formula is C52H65N3O10. The minimum Gasteiger partial charge on any atom is -0.459 e. The fourth-order valence-corrected chi connectivity index (χ4v) is 10.1. The van der Waals surface area contributed by atoms with Gasteiger partial charge in [-0.05, 0) is 136 Å². The highest BCUT2D eigenvalue weighted by atomic mass is 16.8. The maximum Gasteiger partial charge on any atom is 0.254 e. The van der Waals surface area contributed by atoms with Crippen LogP contribution in [0.2, 0.25) is 0 Å². The van der Waals surface area contributed by atoms with Crippen LogP contribution in [0.3, 0.4) is 0 Å². The number of aryl methyl sites for hydroxylation is 2. The fourth-order valence-electron chi connectivity index (χ4n) is 10.1. The van der Waals surface area contributed by atoms with Crippen molar-refractivity contribution < 1.29 is 48.6 Å². The highest BCUT2D eigenvalue weighted by molar-refractivity contribution is 6.03. The number of ether oxygens (including phenoxy) is 5. The zero-order chi connectivity index (χ0) is 45.8. The van der Waals surface area contributed by atoms with Crippen molar-refractivity contribution in [2.75, 3.05) is 52.8 Å². The van der Waals surface area contributed by atoms with E-state index in [-0.39, 0.29) is 76.3 Å². The fraction of sp³-hybridized carbons (Fsp3) is 0.519. The summed E-state index contributed by atoms with van der Waals surface area (Å²) in [5, 5.41) is 44.2. The minimum atomic E-state index is -1.50. The number of benzene rings is 3. The van der Waals surface area contributed by atoms with Gasteiger partial charge in [0, 0.05) is 49.6 Å². The van der Waals surface area contributed by atoms with Gasteiger partial charge in [0.15, 0.2) is 0 Å². The Kier molecular flexibility index (Phi) is 16.9. The molecule has 0 radical (unpaired) electrons. The second-order valence-electron chi connectivity index (χ2n) is 17.5. The van der Waals surface area contributed by atoms with Gasteiger partial charge in [0.05, 0.1) is 56.3 Å². The molecule has 13 nitrogen and oxygen atoms in total. The molecule has 1 saturated heterocycles. The Morgan fingerprint density at radius 3 is 2.43 bits per heavy atom. The van der Waals surface area contributed by atoms with E-state index in [2.05, 4.69) is 38.6 Å². The summed E-state index contributed by atoms with van der Waals surface area (Å²) in [6.07, 6.45) is 10.7. The summed E-state index contributed by atoms with van der Waals surface area (Å²) in [7, 11) is 0. The predicted octanol–water partition coefficient (Wildman–Crippen LogP) is 8.28. The highest BCUT2D eigenvalue weighted by Crippen LogP contribution is 2.62. The van der Waals surface area contributed by atoms with Gasteiger partial charge < -0.3 is 48.7 Å². The second-order valence-corrected chi connectivity index (χ2v) is 17.5. The van der Waals surface area contributed by atoms with Gasteiger partial charge in [0.25, 0.3) is 5.91 Å². The molecule has 348 valence electrons. The third-order valence-corrected chi connectivity index (χ3v) is 13.4. The largest absolute Gasteiger partial charge is 0.459 e. The third-order valence-electron chi connectivity index (χ3n) is 13.4. The number of oxime groups is 1. The molecule has 3 N–H and O–H groups in total. The van der Waals surface area contributed by atoms with Crippen molar-refractivity contribution in [3.05, 3.63) is 113 Å². The van der Waals surface area contributed by atoms with Crippen LogP contribution < -0.4 is 9.47 Å². The van der Waals surface area contributed by atoms with Crippen molar-refractivity contribution in [3.63, 3.8) is 0 Å². The molecule has 2 fully saturated rings. The number of hydrogen-bond donors (Lipinski definition) is 3. The summed E-state index contributed by atoms with van der Waals surface area (Å²) in [6.45, 7) is 9.15. The first-order valence-corrected chi connectivity index (χ1v) is 23.4. The van der Waals surface area contributed by atoms with Gasteiger partial charge >= 0.3 is 0 Å². The summed E-state index contributed by atoms with van der Waals surface area (Å²) < 4.78 is 33.0. The maximum atomic E-state index is 15.1. The molecule has 0 aromatic heterocycles. The average Bonchev–Trinajstić information content (AvgIpc) is 3.33. The zero-order valence-electron chi connectivity index (χ0n) is 37.9. The normalized spacial score (nSPS) is 25.0. The maximum absolute atomic E-state index is 15.1. The lowest BCUT2D eigenvalue weighted by molar-refractivity contribution is -0.255. The molecule has 1 unspecified atom stereocenters. The van der Waals surface area contributed by atoms with Gasteiger partial charge in [-0.2, -0.15) is 5.26 Å². The number of amides is 1. The number of unbranched alkanes of at least 4 members (excludes halogenated alkanes) is 2. The number of hydrogen-bond acceptors (Lipinski definition) is 12. The Bertz CT molecular complexity index is 2180. The van der Waals surface area contributed by atoms with Crippen molar-refractivity contribution in [2.24, 2.45) is 22.9 Å². The molecule has 3 aromatic carbocycles. The smallest absolute Gasteiger partial charge is 0.254 e. The molecule has 3 aromatic rings. The summed E-state index contributed by atoms with van der Waals surface area (Å²) >= 11 is 0. The summed E-state index contributed by atoms with van der Waals surface area (Å²) in [5.41, 5.74) is 5.58. The summed E-state index contributed by atoms with van der Waals surface area (Å²) in [4.78, 5) is 23.2. The van der Waals surface area contributed by atoms with Crippen LogP contribution in [0.4, 0.5) is 0 Å². The van der Waals surface area contributed by atoms with Gasteiger partial charge in [0.2, 0.25) is 12.1 Å². The van der Waals surface area contributed by atoms with Crippen LogP contribution in [0.5, 0.6) is 17.2 Å². The van der Waals surface area contributed by atoms with Crippen LogP contribution in [0, 0.1) is 42.9 Å². The molecule has 1 saturated carbocycles. The van der Waals surface area contributed by atoms with Crippen molar-refractivity contribution >= 4 is 11.6 Å². The molecule has 2 aliphatic carbocycles. The third kappa shape index (κ3) is 11.0. The quantitative estimate of drug-likeness (QED) is 0.0504. The van der Waals surface area contributed by atoms with Crippen molar-refractivity contribution in [3.8, 4) is 23.3 Å². The topological polar surface area (TPSA) is 173 Å². The van der Waals surface area contributed by atoms with E-state index < -0.39 is 24.0 Å². The number of fused-ring (bicyclic) bond motifs is 2. The average molecular weight is 892 g/mol. The van der Waals surface area contributed by atoms with Crippen LogP contribution in [0.15, 0.2) is 90.1 Å². The van der Waals surface area contributed by atoms with E-state index in [1.54, 1.807) is 35.2 Å². The van der Waals surface area contributed by atoms with Crippen LogP contribution in [0.1, 0.15) is 103 Å². The number of nitrogens with zero attached hydrogens (tertiary/aromatic N) is 3. The van der Waals surface area contributed by atoms with Crippen LogP contribution >= 0.6 is 0 Å². The molecule has 13 heteroatoms. The monoisotopic (exact) mass is 891 g/mol. The zero-order valence-corrected chi connectivity index (χ0v) is 37.9. The standard InChI is InChI=1S/C52H65N3O10/c1-4-26-62-52-47(55(22-28-60-29-25-58)51(59)38-17-15-37(34-53)16-18-38)33-45(54-65-48-13-7-10-27-61-48)43-31-39(11-5-8-23-56)42(12-6-9-24-57)49(50(43)52)44-32-41(20-21-46(44)64-52)63-40-19-14-35(2)36(3)30-40/h4,14-21,30-32,39,42,47-50,56-58H,1,5-13,22-29,33H2,2-3H3/t39-,42+,47-,48?,49+,50+,52+/m0/s1. The first-order chi connectivity index (χ1) is 31.7. The van der Waals surface area contributed by atoms with Crippen LogP contribution in [-0.2, 0) is 19.0 Å². The van der Waals surface area contributed by atoms with Gasteiger partial charge in [-0.15, -0.1) is 6.58 Å². The Morgan fingerprint density at radius 1 is 0.954 bits per heavy atom. The number of allylic oxidation sites excluding steroid dienone is 1. The minimum absolute atomic E-state index is 0.0124. The Labute approximate surface area is 383 Å². The number of carbonyl (C=O) groups is 1. The van der Waals surface area contributed by atoms with Gasteiger partial charge in [-0.25, -0.2) is 0 Å². The first-order valence-electron chi connectivity index (χ1n) is 23.4.